The Kier molecular flexibility index (Phi) is 5.85. The summed E-state index contributed by atoms with van der Waals surface area (Å²) in [5.74, 6) is 0.0792. The number of benzene rings is 2. The molecule has 10 heteroatoms. The normalized spacial score (nSPS) is 10.3. The number of carbonyl (C=O) groups excluding carboxylic acids is 1. The lowest BCUT2D eigenvalue weighted by Crippen LogP contribution is -2.30. The van der Waals surface area contributed by atoms with Gasteiger partial charge >= 0.3 is 0 Å². The minimum absolute atomic E-state index is 0.183. The first-order chi connectivity index (χ1) is 13.0. The van der Waals surface area contributed by atoms with Gasteiger partial charge in [0, 0.05) is 5.02 Å². The Morgan fingerprint density at radius 1 is 0.963 bits per heavy atom. The van der Waals surface area contributed by atoms with E-state index in [9.17, 15) is 4.79 Å². The highest BCUT2D eigenvalue weighted by atomic mass is 35.5. The van der Waals surface area contributed by atoms with Crippen molar-refractivity contribution in [2.24, 2.45) is 0 Å². The molecule has 0 aliphatic carbocycles. The lowest BCUT2D eigenvalue weighted by Gasteiger charge is -2.14. The molecule has 3 aromatic rings. The van der Waals surface area contributed by atoms with Crippen LogP contribution < -0.4 is 21.9 Å². The summed E-state index contributed by atoms with van der Waals surface area (Å²) in [6, 6.07) is 11.6. The Hall–Kier alpha value is -2.74. The van der Waals surface area contributed by atoms with Crippen molar-refractivity contribution in [3.63, 3.8) is 0 Å². The summed E-state index contributed by atoms with van der Waals surface area (Å²) in [7, 11) is 0. The third-order valence-electron chi connectivity index (χ3n) is 3.48. The highest BCUT2D eigenvalue weighted by Gasteiger charge is 2.13. The van der Waals surface area contributed by atoms with Crippen molar-refractivity contribution < 1.29 is 4.79 Å². The Bertz CT molecular complexity index is 998. The van der Waals surface area contributed by atoms with E-state index in [0.717, 1.165) is 0 Å². The van der Waals surface area contributed by atoms with Gasteiger partial charge in [-0.3, -0.25) is 15.6 Å². The van der Waals surface area contributed by atoms with E-state index in [2.05, 4.69) is 26.1 Å². The van der Waals surface area contributed by atoms with Crippen molar-refractivity contribution in [2.75, 3.05) is 16.5 Å². The van der Waals surface area contributed by atoms with E-state index in [0.29, 0.717) is 32.1 Å². The molecule has 0 atom stereocenters. The topological polar surface area (TPSA) is 105 Å². The average Bonchev–Trinajstić information content (AvgIpc) is 2.64. The van der Waals surface area contributed by atoms with Gasteiger partial charge in [0.05, 0.1) is 21.3 Å². The first kappa shape index (κ1) is 19.0. The number of halogens is 3. The molecule has 5 N–H and O–H groups in total. The van der Waals surface area contributed by atoms with E-state index < -0.39 is 5.91 Å². The number of nitrogens with one attached hydrogen (secondary N) is 3. The van der Waals surface area contributed by atoms with Crippen LogP contribution in [0.15, 0.2) is 48.8 Å². The predicted molar refractivity (Wildman–Crippen MR) is 109 cm³/mol. The maximum atomic E-state index is 12.2. The van der Waals surface area contributed by atoms with E-state index >= 15 is 0 Å². The minimum Gasteiger partial charge on any atom is -0.393 e. The highest BCUT2D eigenvalue weighted by molar-refractivity contribution is 6.36. The molecule has 2 aromatic carbocycles. The Morgan fingerprint density at radius 2 is 1.70 bits per heavy atom. The SMILES string of the molecule is Nc1c(NNC(=O)c2ccccc2Cl)ncnc1Nc1ccc(Cl)cc1Cl. The Balaban J connectivity index is 1.75. The summed E-state index contributed by atoms with van der Waals surface area (Å²) in [5, 5.41) is 4.23. The van der Waals surface area contributed by atoms with Gasteiger partial charge in [0.1, 0.15) is 12.0 Å². The molecule has 1 amide bonds. The van der Waals surface area contributed by atoms with E-state index in [1.165, 1.54) is 6.33 Å². The Labute approximate surface area is 169 Å². The molecule has 0 aliphatic heterocycles. The van der Waals surface area contributed by atoms with Crippen LogP contribution in [-0.4, -0.2) is 15.9 Å². The van der Waals surface area contributed by atoms with Crippen molar-refractivity contribution in [3.8, 4) is 0 Å². The molecule has 138 valence electrons. The molecule has 0 radical (unpaired) electrons. The van der Waals surface area contributed by atoms with Crippen LogP contribution in [0.3, 0.4) is 0 Å². The zero-order chi connectivity index (χ0) is 19.4. The fourth-order valence-corrected chi connectivity index (χ4v) is 2.82. The zero-order valence-electron chi connectivity index (χ0n) is 13.6. The molecule has 0 saturated heterocycles. The molecule has 0 aliphatic rings. The quantitative estimate of drug-likeness (QED) is 0.450. The second-order valence-electron chi connectivity index (χ2n) is 5.29. The monoisotopic (exact) mass is 422 g/mol. The maximum Gasteiger partial charge on any atom is 0.271 e. The fourth-order valence-electron chi connectivity index (χ4n) is 2.14. The first-order valence-electron chi connectivity index (χ1n) is 7.59. The third kappa shape index (κ3) is 4.51. The minimum atomic E-state index is -0.436. The summed E-state index contributed by atoms with van der Waals surface area (Å²) in [6.45, 7) is 0. The molecule has 27 heavy (non-hydrogen) atoms. The number of nitrogens with zero attached hydrogens (tertiary/aromatic N) is 2. The van der Waals surface area contributed by atoms with Gasteiger partial charge in [-0.2, -0.15) is 0 Å². The lowest BCUT2D eigenvalue weighted by atomic mass is 10.2. The van der Waals surface area contributed by atoms with Gasteiger partial charge in [0.15, 0.2) is 11.6 Å². The molecule has 0 saturated carbocycles. The maximum absolute atomic E-state index is 12.2. The first-order valence-corrected chi connectivity index (χ1v) is 8.72. The molecule has 0 spiro atoms. The van der Waals surface area contributed by atoms with Crippen LogP contribution in [0.2, 0.25) is 15.1 Å². The molecule has 0 fully saturated rings. The number of hydrogen-bond donors (Lipinski definition) is 4. The van der Waals surface area contributed by atoms with Gasteiger partial charge in [-0.25, -0.2) is 9.97 Å². The summed E-state index contributed by atoms with van der Waals surface area (Å²) >= 11 is 18.0. The van der Waals surface area contributed by atoms with Gasteiger partial charge in [0.25, 0.3) is 5.91 Å². The van der Waals surface area contributed by atoms with Crippen LogP contribution >= 0.6 is 34.8 Å². The van der Waals surface area contributed by atoms with Gasteiger partial charge in [-0.15, -0.1) is 0 Å². The second kappa shape index (κ2) is 8.30. The second-order valence-corrected chi connectivity index (χ2v) is 6.54. The largest absolute Gasteiger partial charge is 0.393 e. The van der Waals surface area contributed by atoms with Crippen LogP contribution in [0.5, 0.6) is 0 Å². The number of carbonyl (C=O) groups is 1. The van der Waals surface area contributed by atoms with Gasteiger partial charge in [0.2, 0.25) is 0 Å². The van der Waals surface area contributed by atoms with Crippen LogP contribution in [0, 0.1) is 0 Å². The molecule has 0 unspecified atom stereocenters. The van der Waals surface area contributed by atoms with Gasteiger partial charge in [-0.1, -0.05) is 46.9 Å². The highest BCUT2D eigenvalue weighted by Crippen LogP contribution is 2.31. The Morgan fingerprint density at radius 3 is 2.44 bits per heavy atom. The van der Waals surface area contributed by atoms with E-state index in [1.54, 1.807) is 42.5 Å². The van der Waals surface area contributed by atoms with Gasteiger partial charge in [-0.05, 0) is 30.3 Å². The summed E-state index contributed by atoms with van der Waals surface area (Å²) in [4.78, 5) is 20.3. The van der Waals surface area contributed by atoms with Crippen LogP contribution in [-0.2, 0) is 0 Å². The molecule has 7 nitrogen and oxygen atoms in total. The number of nitrogens with two attached hydrogens (primary N) is 1. The van der Waals surface area contributed by atoms with E-state index in [1.807, 2.05) is 0 Å². The molecule has 1 heterocycles. The van der Waals surface area contributed by atoms with Crippen LogP contribution in [0.1, 0.15) is 10.4 Å². The molecular formula is C17H13Cl3N6O. The number of anilines is 4. The van der Waals surface area contributed by atoms with Gasteiger partial charge < -0.3 is 11.1 Å². The van der Waals surface area contributed by atoms with Crippen LogP contribution in [0.4, 0.5) is 23.0 Å². The summed E-state index contributed by atoms with van der Waals surface area (Å²) < 4.78 is 0. The molecule has 0 bridgehead atoms. The molecule has 1 aromatic heterocycles. The average molecular weight is 424 g/mol. The summed E-state index contributed by atoms with van der Waals surface area (Å²) in [5.41, 5.74) is 12.3. The van der Waals surface area contributed by atoms with Crippen molar-refractivity contribution in [2.45, 2.75) is 0 Å². The van der Waals surface area contributed by atoms with E-state index in [4.69, 9.17) is 40.5 Å². The lowest BCUT2D eigenvalue weighted by molar-refractivity contribution is 0.0962. The molecule has 3 rings (SSSR count). The smallest absolute Gasteiger partial charge is 0.271 e. The van der Waals surface area contributed by atoms with Crippen molar-refractivity contribution in [3.05, 3.63) is 69.4 Å². The number of aromatic nitrogens is 2. The standard InChI is InChI=1S/C17H13Cl3N6O/c18-9-5-6-13(12(20)7-9)24-15-14(21)16(23-8-22-15)25-26-17(27)10-3-1-2-4-11(10)19/h1-8H,21H2,(H,26,27)(H2,22,23,24,25). The summed E-state index contributed by atoms with van der Waals surface area (Å²) in [6.07, 6.45) is 1.28. The number of hydrogen-bond acceptors (Lipinski definition) is 6. The third-order valence-corrected chi connectivity index (χ3v) is 4.36. The van der Waals surface area contributed by atoms with Crippen molar-refractivity contribution in [1.29, 1.82) is 0 Å². The zero-order valence-corrected chi connectivity index (χ0v) is 15.9. The van der Waals surface area contributed by atoms with E-state index in [-0.39, 0.29) is 11.5 Å². The number of nitrogen functional groups attached to an aromatic ring is 1. The predicted octanol–water partition coefficient (Wildman–Crippen LogP) is 4.52. The van der Waals surface area contributed by atoms with Crippen molar-refractivity contribution in [1.82, 2.24) is 15.4 Å². The molecular weight excluding hydrogens is 411 g/mol. The fraction of sp³-hybridized carbons (Fsp3) is 0. The number of amides is 1. The van der Waals surface area contributed by atoms with Crippen molar-refractivity contribution >= 4 is 63.7 Å². The van der Waals surface area contributed by atoms with Crippen LogP contribution in [0.25, 0.3) is 0 Å². The number of hydrazine groups is 1. The number of rotatable bonds is 5.